The summed E-state index contributed by atoms with van der Waals surface area (Å²) in [6.45, 7) is 4.79. The molecule has 17 heavy (non-hydrogen) atoms. The fourth-order valence-electron chi connectivity index (χ4n) is 2.28. The van der Waals surface area contributed by atoms with E-state index in [0.717, 1.165) is 40.6 Å². The van der Waals surface area contributed by atoms with Crippen LogP contribution in [0.15, 0.2) is 16.6 Å². The highest BCUT2D eigenvalue weighted by Crippen LogP contribution is 2.34. The number of benzene rings is 1. The van der Waals surface area contributed by atoms with Crippen molar-refractivity contribution >= 4 is 21.7 Å². The lowest BCUT2D eigenvalue weighted by molar-refractivity contribution is 0.0920. The van der Waals surface area contributed by atoms with E-state index in [1.165, 1.54) is 0 Å². The highest BCUT2D eigenvalue weighted by atomic mass is 79.9. The largest absolute Gasteiger partial charge is 0.492 e. The number of hydrogen-bond acceptors (Lipinski definition) is 2. The number of Topliss-reactive ketones (excluding diaryl/α,β-unsaturated/α-hetero) is 1. The Morgan fingerprint density at radius 1 is 1.53 bits per heavy atom. The predicted octanol–water partition coefficient (Wildman–Crippen LogP) is 4.00. The monoisotopic (exact) mass is 296 g/mol. The number of fused-ring (bicyclic) bond motifs is 1. The van der Waals surface area contributed by atoms with Crippen LogP contribution in [0.2, 0.25) is 0 Å². The third-order valence-corrected chi connectivity index (χ3v) is 3.64. The van der Waals surface area contributed by atoms with Gasteiger partial charge in [0.25, 0.3) is 0 Å². The van der Waals surface area contributed by atoms with Crippen molar-refractivity contribution < 1.29 is 9.53 Å². The zero-order valence-electron chi connectivity index (χ0n) is 10.3. The van der Waals surface area contributed by atoms with E-state index in [4.69, 9.17) is 4.74 Å². The van der Waals surface area contributed by atoms with E-state index in [9.17, 15) is 4.79 Å². The number of ketones is 1. The van der Waals surface area contributed by atoms with E-state index in [0.29, 0.717) is 6.61 Å². The van der Waals surface area contributed by atoms with Crippen LogP contribution in [0, 0.1) is 5.92 Å². The molecule has 0 bridgehead atoms. The number of carbonyl (C=O) groups is 1. The van der Waals surface area contributed by atoms with Gasteiger partial charge in [-0.1, -0.05) is 36.2 Å². The summed E-state index contributed by atoms with van der Waals surface area (Å²) in [4.78, 5) is 12.3. The molecule has 92 valence electrons. The summed E-state index contributed by atoms with van der Waals surface area (Å²) in [7, 11) is 0. The Kier molecular flexibility index (Phi) is 3.87. The first-order chi connectivity index (χ1) is 8.13. The maximum absolute atomic E-state index is 12.3. The Bertz CT molecular complexity index is 440. The molecule has 0 aliphatic carbocycles. The van der Waals surface area contributed by atoms with Crippen LogP contribution in [-0.4, -0.2) is 12.4 Å². The van der Waals surface area contributed by atoms with Crippen molar-refractivity contribution in [2.45, 2.75) is 33.1 Å². The molecular weight excluding hydrogens is 280 g/mol. The minimum absolute atomic E-state index is 0.0719. The van der Waals surface area contributed by atoms with Crippen LogP contribution in [0.4, 0.5) is 0 Å². The number of rotatable bonds is 4. The SMILES string of the molecule is CCCC(C)C(=O)c1cc(Br)cc2c1OCC2. The molecule has 3 heteroatoms. The van der Waals surface area contributed by atoms with Crippen molar-refractivity contribution in [3.05, 3.63) is 27.7 Å². The molecule has 1 aliphatic heterocycles. The number of ether oxygens (including phenoxy) is 1. The van der Waals surface area contributed by atoms with Gasteiger partial charge in [-0.15, -0.1) is 0 Å². The minimum atomic E-state index is 0.0719. The van der Waals surface area contributed by atoms with Gasteiger partial charge in [0.1, 0.15) is 5.75 Å². The van der Waals surface area contributed by atoms with Crippen molar-refractivity contribution in [2.24, 2.45) is 5.92 Å². The molecule has 2 nitrogen and oxygen atoms in total. The standard InChI is InChI=1S/C14H17BrO2/c1-3-4-9(2)13(16)12-8-11(15)7-10-5-6-17-14(10)12/h7-9H,3-6H2,1-2H3. The second-order valence-electron chi connectivity index (χ2n) is 4.59. The third kappa shape index (κ3) is 2.54. The number of carbonyl (C=O) groups excluding carboxylic acids is 1. The van der Waals surface area contributed by atoms with Crippen LogP contribution in [0.1, 0.15) is 42.6 Å². The molecule has 2 rings (SSSR count). The normalized spacial score (nSPS) is 15.2. The van der Waals surface area contributed by atoms with Gasteiger partial charge >= 0.3 is 0 Å². The summed E-state index contributed by atoms with van der Waals surface area (Å²) < 4.78 is 6.56. The quantitative estimate of drug-likeness (QED) is 0.785. The molecule has 1 atom stereocenters. The van der Waals surface area contributed by atoms with Crippen LogP contribution >= 0.6 is 15.9 Å². The Morgan fingerprint density at radius 3 is 3.00 bits per heavy atom. The van der Waals surface area contributed by atoms with Crippen LogP contribution in [-0.2, 0) is 6.42 Å². The van der Waals surface area contributed by atoms with Gasteiger partial charge in [-0.25, -0.2) is 0 Å². The number of hydrogen-bond donors (Lipinski definition) is 0. The molecule has 1 heterocycles. The lowest BCUT2D eigenvalue weighted by Gasteiger charge is -2.12. The van der Waals surface area contributed by atoms with Gasteiger partial charge in [-0.05, 0) is 24.1 Å². The molecule has 0 fully saturated rings. The van der Waals surface area contributed by atoms with Crippen molar-refractivity contribution in [3.8, 4) is 5.75 Å². The zero-order valence-corrected chi connectivity index (χ0v) is 11.8. The second-order valence-corrected chi connectivity index (χ2v) is 5.51. The molecule has 0 aromatic heterocycles. The molecule has 1 aliphatic rings. The van der Waals surface area contributed by atoms with Gasteiger partial charge in [0.05, 0.1) is 12.2 Å². The van der Waals surface area contributed by atoms with E-state index >= 15 is 0 Å². The van der Waals surface area contributed by atoms with Gasteiger partial charge in [0.15, 0.2) is 5.78 Å². The van der Waals surface area contributed by atoms with Crippen molar-refractivity contribution in [3.63, 3.8) is 0 Å². The van der Waals surface area contributed by atoms with Crippen LogP contribution in [0.25, 0.3) is 0 Å². The van der Waals surface area contributed by atoms with Gasteiger partial charge in [0.2, 0.25) is 0 Å². The Morgan fingerprint density at radius 2 is 2.29 bits per heavy atom. The third-order valence-electron chi connectivity index (χ3n) is 3.18. The maximum Gasteiger partial charge on any atom is 0.169 e. The topological polar surface area (TPSA) is 26.3 Å². The molecule has 0 amide bonds. The van der Waals surface area contributed by atoms with E-state index in [1.807, 2.05) is 19.1 Å². The van der Waals surface area contributed by atoms with Crippen molar-refractivity contribution in [1.82, 2.24) is 0 Å². The first-order valence-corrected chi connectivity index (χ1v) is 6.92. The van der Waals surface area contributed by atoms with Gasteiger partial charge < -0.3 is 4.74 Å². The summed E-state index contributed by atoms with van der Waals surface area (Å²) in [5.74, 6) is 1.08. The molecule has 0 N–H and O–H groups in total. The average Bonchev–Trinajstić information content (AvgIpc) is 2.75. The minimum Gasteiger partial charge on any atom is -0.492 e. The average molecular weight is 297 g/mol. The molecule has 1 aromatic carbocycles. The second kappa shape index (κ2) is 5.21. The summed E-state index contributed by atoms with van der Waals surface area (Å²) >= 11 is 3.46. The maximum atomic E-state index is 12.3. The first-order valence-electron chi connectivity index (χ1n) is 6.13. The van der Waals surface area contributed by atoms with E-state index in [2.05, 4.69) is 22.9 Å². The fourth-order valence-corrected chi connectivity index (χ4v) is 2.79. The molecular formula is C14H17BrO2. The van der Waals surface area contributed by atoms with Crippen LogP contribution < -0.4 is 4.74 Å². The Labute approximate surface area is 110 Å². The highest BCUT2D eigenvalue weighted by molar-refractivity contribution is 9.10. The summed E-state index contributed by atoms with van der Waals surface area (Å²) in [6, 6.07) is 3.93. The van der Waals surface area contributed by atoms with Gasteiger partial charge in [0, 0.05) is 16.8 Å². The van der Waals surface area contributed by atoms with Crippen molar-refractivity contribution in [1.29, 1.82) is 0 Å². The first kappa shape index (κ1) is 12.6. The summed E-state index contributed by atoms with van der Waals surface area (Å²) in [5, 5.41) is 0. The van der Waals surface area contributed by atoms with Gasteiger partial charge in [-0.3, -0.25) is 4.79 Å². The lowest BCUT2D eigenvalue weighted by Crippen LogP contribution is -2.12. The van der Waals surface area contributed by atoms with E-state index in [1.54, 1.807) is 0 Å². The molecule has 1 unspecified atom stereocenters. The Hall–Kier alpha value is -0.830. The smallest absolute Gasteiger partial charge is 0.169 e. The summed E-state index contributed by atoms with van der Waals surface area (Å²) in [6.07, 6.45) is 2.86. The van der Waals surface area contributed by atoms with Crippen molar-refractivity contribution in [2.75, 3.05) is 6.61 Å². The van der Waals surface area contributed by atoms with Crippen LogP contribution in [0.5, 0.6) is 5.75 Å². The predicted molar refractivity (Wildman–Crippen MR) is 71.7 cm³/mol. The molecule has 0 spiro atoms. The molecule has 1 aromatic rings. The molecule has 0 saturated carbocycles. The van der Waals surface area contributed by atoms with E-state index in [-0.39, 0.29) is 11.7 Å². The van der Waals surface area contributed by atoms with Gasteiger partial charge in [-0.2, -0.15) is 0 Å². The zero-order chi connectivity index (χ0) is 12.4. The number of halogens is 1. The summed E-state index contributed by atoms with van der Waals surface area (Å²) in [5.41, 5.74) is 1.89. The lowest BCUT2D eigenvalue weighted by atomic mass is 9.93. The highest BCUT2D eigenvalue weighted by Gasteiger charge is 2.24. The molecule has 0 radical (unpaired) electrons. The Balaban J connectivity index is 2.35. The molecule has 0 saturated heterocycles. The van der Waals surface area contributed by atoms with E-state index < -0.39 is 0 Å². The fraction of sp³-hybridized carbons (Fsp3) is 0.500. The van der Waals surface area contributed by atoms with Crippen LogP contribution in [0.3, 0.4) is 0 Å².